The third-order valence-electron chi connectivity index (χ3n) is 4.45. The van der Waals surface area contributed by atoms with Gasteiger partial charge < -0.3 is 14.6 Å². The number of nitrogens with one attached hydrogen (secondary N) is 1. The Hall–Kier alpha value is -2.17. The van der Waals surface area contributed by atoms with Crippen LogP contribution in [0, 0.1) is 0 Å². The predicted molar refractivity (Wildman–Crippen MR) is 92.5 cm³/mol. The van der Waals surface area contributed by atoms with Crippen molar-refractivity contribution in [3.8, 4) is 11.5 Å². The summed E-state index contributed by atoms with van der Waals surface area (Å²) >= 11 is 0. The maximum Gasteiger partial charge on any atom is 0.227 e. The third kappa shape index (κ3) is 3.14. The van der Waals surface area contributed by atoms with Gasteiger partial charge in [-0.15, -0.1) is 0 Å². The van der Waals surface area contributed by atoms with Crippen LogP contribution in [0.2, 0.25) is 0 Å². The lowest BCUT2D eigenvalue weighted by atomic mass is 10.0. The number of nitrogens with zero attached hydrogens (tertiary/aromatic N) is 2. The summed E-state index contributed by atoms with van der Waals surface area (Å²) in [5.41, 5.74) is 4.18. The Kier molecular flexibility index (Phi) is 4.09. The van der Waals surface area contributed by atoms with Crippen LogP contribution in [0.1, 0.15) is 5.56 Å². The van der Waals surface area contributed by atoms with Crippen LogP contribution in [0.15, 0.2) is 52.9 Å². The van der Waals surface area contributed by atoms with Crippen molar-refractivity contribution in [3.63, 3.8) is 0 Å². The maximum atomic E-state index is 5.95. The summed E-state index contributed by atoms with van der Waals surface area (Å²) in [5.74, 6) is 0.724. The Morgan fingerprint density at radius 2 is 1.78 bits per heavy atom. The number of aromatic nitrogens is 1. The number of hydrogen-bond donors (Lipinski definition) is 1. The van der Waals surface area contributed by atoms with E-state index in [0.29, 0.717) is 0 Å². The molecular formula is C19H21N3O. The average Bonchev–Trinajstić information content (AvgIpc) is 3.05. The van der Waals surface area contributed by atoms with E-state index in [0.717, 1.165) is 61.7 Å². The van der Waals surface area contributed by atoms with Crippen molar-refractivity contribution in [3.05, 3.63) is 54.1 Å². The molecule has 1 aliphatic rings. The molecule has 1 fully saturated rings. The van der Waals surface area contributed by atoms with Gasteiger partial charge in [0.2, 0.25) is 5.89 Å². The smallest absolute Gasteiger partial charge is 0.227 e. The van der Waals surface area contributed by atoms with Gasteiger partial charge in [-0.05, 0) is 30.2 Å². The molecule has 3 aromatic rings. The lowest BCUT2D eigenvalue weighted by molar-refractivity contribution is 0.244. The first-order valence-electron chi connectivity index (χ1n) is 8.27. The number of hydrogen-bond acceptors (Lipinski definition) is 4. The van der Waals surface area contributed by atoms with Gasteiger partial charge in [-0.25, -0.2) is 4.98 Å². The molecule has 1 saturated heterocycles. The average molecular weight is 307 g/mol. The molecule has 118 valence electrons. The zero-order valence-electron chi connectivity index (χ0n) is 13.2. The van der Waals surface area contributed by atoms with Gasteiger partial charge in [0.1, 0.15) is 5.52 Å². The molecule has 1 aromatic heterocycles. The second-order valence-corrected chi connectivity index (χ2v) is 5.99. The van der Waals surface area contributed by atoms with Gasteiger partial charge in [0.15, 0.2) is 5.58 Å². The van der Waals surface area contributed by atoms with E-state index in [2.05, 4.69) is 39.5 Å². The molecule has 1 N–H and O–H groups in total. The number of fused-ring (bicyclic) bond motifs is 1. The summed E-state index contributed by atoms with van der Waals surface area (Å²) in [6.07, 6.45) is 1.02. The molecule has 1 aliphatic heterocycles. The third-order valence-corrected chi connectivity index (χ3v) is 4.45. The van der Waals surface area contributed by atoms with Gasteiger partial charge in [-0.2, -0.15) is 0 Å². The first kappa shape index (κ1) is 14.4. The van der Waals surface area contributed by atoms with Crippen molar-refractivity contribution in [2.75, 3.05) is 32.7 Å². The molecule has 0 saturated carbocycles. The van der Waals surface area contributed by atoms with Crippen LogP contribution in [-0.2, 0) is 6.42 Å². The molecule has 2 aromatic carbocycles. The number of oxazole rings is 1. The summed E-state index contributed by atoms with van der Waals surface area (Å²) in [6.45, 7) is 5.52. The normalized spacial score (nSPS) is 16.0. The Morgan fingerprint density at radius 1 is 1.00 bits per heavy atom. The van der Waals surface area contributed by atoms with E-state index in [1.54, 1.807) is 0 Å². The van der Waals surface area contributed by atoms with Crippen LogP contribution in [0.4, 0.5) is 0 Å². The van der Waals surface area contributed by atoms with Gasteiger partial charge in [-0.1, -0.05) is 30.3 Å². The second kappa shape index (κ2) is 6.52. The lowest BCUT2D eigenvalue weighted by Gasteiger charge is -2.27. The summed E-state index contributed by atoms with van der Waals surface area (Å²) in [7, 11) is 0. The summed E-state index contributed by atoms with van der Waals surface area (Å²) in [6, 6.07) is 16.4. The van der Waals surface area contributed by atoms with Crippen molar-refractivity contribution in [2.45, 2.75) is 6.42 Å². The first-order chi connectivity index (χ1) is 11.4. The SMILES string of the molecule is c1ccc(-c2nc3ccccc3o2)c(CCN2CCNCC2)c1. The standard InChI is InChI=1S/C19H21N3O/c1-2-6-16(19-21-17-7-3-4-8-18(17)23-19)15(5-1)9-12-22-13-10-20-11-14-22/h1-8,20H,9-14H2. The van der Waals surface area contributed by atoms with Crippen LogP contribution in [0.3, 0.4) is 0 Å². The number of rotatable bonds is 4. The van der Waals surface area contributed by atoms with Gasteiger partial charge in [0, 0.05) is 38.3 Å². The molecule has 4 nitrogen and oxygen atoms in total. The number of para-hydroxylation sites is 2. The summed E-state index contributed by atoms with van der Waals surface area (Å²) < 4.78 is 5.95. The highest BCUT2D eigenvalue weighted by atomic mass is 16.3. The van der Waals surface area contributed by atoms with Crippen molar-refractivity contribution in [2.24, 2.45) is 0 Å². The Labute approximate surface area is 136 Å². The minimum absolute atomic E-state index is 0.724. The van der Waals surface area contributed by atoms with Crippen LogP contribution in [-0.4, -0.2) is 42.6 Å². The van der Waals surface area contributed by atoms with Crippen LogP contribution in [0.25, 0.3) is 22.6 Å². The van der Waals surface area contributed by atoms with E-state index in [9.17, 15) is 0 Å². The molecule has 0 bridgehead atoms. The fraction of sp³-hybridized carbons (Fsp3) is 0.316. The van der Waals surface area contributed by atoms with Crippen LogP contribution >= 0.6 is 0 Å². The molecule has 4 rings (SSSR count). The largest absolute Gasteiger partial charge is 0.436 e. The van der Waals surface area contributed by atoms with Crippen LogP contribution < -0.4 is 5.32 Å². The van der Waals surface area contributed by atoms with Gasteiger partial charge >= 0.3 is 0 Å². The topological polar surface area (TPSA) is 41.3 Å². The molecule has 0 unspecified atom stereocenters. The molecule has 0 amide bonds. The summed E-state index contributed by atoms with van der Waals surface area (Å²) in [5, 5.41) is 3.40. The molecular weight excluding hydrogens is 286 g/mol. The molecule has 0 spiro atoms. The van der Waals surface area contributed by atoms with E-state index in [4.69, 9.17) is 4.42 Å². The maximum absolute atomic E-state index is 5.95. The van der Waals surface area contributed by atoms with Crippen LogP contribution in [0.5, 0.6) is 0 Å². The fourth-order valence-electron chi connectivity index (χ4n) is 3.15. The lowest BCUT2D eigenvalue weighted by Crippen LogP contribution is -2.44. The van der Waals surface area contributed by atoms with E-state index in [1.807, 2.05) is 24.3 Å². The zero-order chi connectivity index (χ0) is 15.5. The summed E-state index contributed by atoms with van der Waals surface area (Å²) in [4.78, 5) is 7.16. The van der Waals surface area contributed by atoms with E-state index in [1.165, 1.54) is 5.56 Å². The zero-order valence-corrected chi connectivity index (χ0v) is 13.2. The monoisotopic (exact) mass is 307 g/mol. The highest BCUT2D eigenvalue weighted by Gasteiger charge is 2.14. The second-order valence-electron chi connectivity index (χ2n) is 5.99. The Balaban J connectivity index is 1.58. The molecule has 0 radical (unpaired) electrons. The van der Waals surface area contributed by atoms with Gasteiger partial charge in [-0.3, -0.25) is 0 Å². The van der Waals surface area contributed by atoms with Crippen molar-refractivity contribution in [1.82, 2.24) is 15.2 Å². The van der Waals surface area contributed by atoms with Crippen molar-refractivity contribution >= 4 is 11.1 Å². The molecule has 4 heteroatoms. The highest BCUT2D eigenvalue weighted by molar-refractivity contribution is 5.76. The Bertz CT molecular complexity index is 757. The fourth-order valence-corrected chi connectivity index (χ4v) is 3.15. The minimum Gasteiger partial charge on any atom is -0.436 e. The van der Waals surface area contributed by atoms with Gasteiger partial charge in [0.05, 0.1) is 0 Å². The predicted octanol–water partition coefficient (Wildman–Crippen LogP) is 2.94. The van der Waals surface area contributed by atoms with E-state index >= 15 is 0 Å². The van der Waals surface area contributed by atoms with Gasteiger partial charge in [0.25, 0.3) is 0 Å². The first-order valence-corrected chi connectivity index (χ1v) is 8.27. The highest BCUT2D eigenvalue weighted by Crippen LogP contribution is 2.27. The van der Waals surface area contributed by atoms with Crippen molar-refractivity contribution < 1.29 is 4.42 Å². The molecule has 2 heterocycles. The van der Waals surface area contributed by atoms with E-state index in [-0.39, 0.29) is 0 Å². The minimum atomic E-state index is 0.724. The van der Waals surface area contributed by atoms with E-state index < -0.39 is 0 Å². The molecule has 0 atom stereocenters. The van der Waals surface area contributed by atoms with Crippen molar-refractivity contribution in [1.29, 1.82) is 0 Å². The quantitative estimate of drug-likeness (QED) is 0.804. The molecule has 0 aliphatic carbocycles. The Morgan fingerprint density at radius 3 is 2.65 bits per heavy atom. The number of benzene rings is 2. The number of piperazine rings is 1. The molecule has 23 heavy (non-hydrogen) atoms.